The highest BCUT2D eigenvalue weighted by molar-refractivity contribution is 8.00. The molecular formula is C15H23NO2S. The summed E-state index contributed by atoms with van der Waals surface area (Å²) in [4.78, 5) is 15.2. The molecule has 0 N–H and O–H groups in total. The van der Waals surface area contributed by atoms with Crippen molar-refractivity contribution in [2.24, 2.45) is 0 Å². The van der Waals surface area contributed by atoms with Gasteiger partial charge in [-0.3, -0.25) is 4.79 Å². The van der Waals surface area contributed by atoms with E-state index in [1.54, 1.807) is 23.8 Å². The molecule has 0 saturated heterocycles. The monoisotopic (exact) mass is 281 g/mol. The van der Waals surface area contributed by atoms with Crippen LogP contribution < -0.4 is 0 Å². The Kier molecular flexibility index (Phi) is 6.95. The summed E-state index contributed by atoms with van der Waals surface area (Å²) in [6, 6.07) is 7.81. The molecule has 0 atom stereocenters. The molecule has 0 aliphatic heterocycles. The number of ether oxygens (including phenoxy) is 1. The van der Waals surface area contributed by atoms with E-state index in [4.69, 9.17) is 4.74 Å². The summed E-state index contributed by atoms with van der Waals surface area (Å²) in [6.45, 7) is 5.66. The van der Waals surface area contributed by atoms with Crippen LogP contribution in [0.2, 0.25) is 0 Å². The van der Waals surface area contributed by atoms with E-state index >= 15 is 0 Å². The van der Waals surface area contributed by atoms with E-state index in [1.165, 1.54) is 0 Å². The minimum Gasteiger partial charge on any atom is -0.385 e. The van der Waals surface area contributed by atoms with Crippen molar-refractivity contribution in [3.05, 3.63) is 29.8 Å². The second kappa shape index (κ2) is 8.23. The smallest absolute Gasteiger partial charge is 0.254 e. The Morgan fingerprint density at radius 2 is 2.05 bits per heavy atom. The van der Waals surface area contributed by atoms with E-state index in [1.807, 2.05) is 31.3 Å². The summed E-state index contributed by atoms with van der Waals surface area (Å²) in [5.74, 6) is 0.0832. The first kappa shape index (κ1) is 16.1. The molecule has 1 aromatic carbocycles. The number of carbonyl (C=O) groups excluding carboxylic acids is 1. The first-order chi connectivity index (χ1) is 9.06. The number of thioether (sulfide) groups is 1. The van der Waals surface area contributed by atoms with Gasteiger partial charge in [0, 0.05) is 37.5 Å². The molecule has 1 rings (SSSR count). The van der Waals surface area contributed by atoms with Crippen LogP contribution in [0, 0.1) is 0 Å². The molecule has 0 aromatic heterocycles. The molecule has 0 bridgehead atoms. The third-order valence-corrected chi connectivity index (χ3v) is 3.75. The molecule has 0 saturated carbocycles. The number of carbonyl (C=O) groups is 1. The highest BCUT2D eigenvalue weighted by atomic mass is 32.2. The minimum atomic E-state index is 0.0832. The van der Waals surface area contributed by atoms with Gasteiger partial charge >= 0.3 is 0 Å². The normalized spacial score (nSPS) is 10.8. The molecule has 0 aliphatic rings. The van der Waals surface area contributed by atoms with E-state index in [9.17, 15) is 4.79 Å². The number of rotatable bonds is 7. The van der Waals surface area contributed by atoms with Crippen molar-refractivity contribution in [2.75, 3.05) is 27.3 Å². The van der Waals surface area contributed by atoms with Crippen LogP contribution in [0.1, 0.15) is 30.6 Å². The van der Waals surface area contributed by atoms with Crippen LogP contribution in [0.5, 0.6) is 0 Å². The zero-order chi connectivity index (χ0) is 14.3. The van der Waals surface area contributed by atoms with E-state index < -0.39 is 0 Å². The number of nitrogens with zero attached hydrogens (tertiary/aromatic N) is 1. The van der Waals surface area contributed by atoms with Crippen molar-refractivity contribution in [1.29, 1.82) is 0 Å². The Hall–Kier alpha value is -1.00. The van der Waals surface area contributed by atoms with Crippen molar-refractivity contribution >= 4 is 17.7 Å². The van der Waals surface area contributed by atoms with Gasteiger partial charge in [-0.1, -0.05) is 26.0 Å². The number of benzene rings is 1. The molecule has 4 heteroatoms. The van der Waals surface area contributed by atoms with Crippen molar-refractivity contribution in [3.8, 4) is 0 Å². The Morgan fingerprint density at radius 1 is 1.37 bits per heavy atom. The van der Waals surface area contributed by atoms with Gasteiger partial charge in [0.25, 0.3) is 5.91 Å². The Labute approximate surface area is 120 Å². The van der Waals surface area contributed by atoms with Crippen LogP contribution >= 0.6 is 11.8 Å². The van der Waals surface area contributed by atoms with Crippen molar-refractivity contribution in [1.82, 2.24) is 4.90 Å². The van der Waals surface area contributed by atoms with Crippen LogP contribution in [-0.2, 0) is 4.74 Å². The zero-order valence-corrected chi connectivity index (χ0v) is 13.0. The maximum absolute atomic E-state index is 12.4. The summed E-state index contributed by atoms with van der Waals surface area (Å²) in [5.41, 5.74) is 0.793. The van der Waals surface area contributed by atoms with E-state index in [0.29, 0.717) is 18.4 Å². The van der Waals surface area contributed by atoms with Gasteiger partial charge in [0.15, 0.2) is 0 Å². The molecule has 0 fully saturated rings. The third-order valence-electron chi connectivity index (χ3n) is 2.67. The average Bonchev–Trinajstić information content (AvgIpc) is 2.38. The van der Waals surface area contributed by atoms with Gasteiger partial charge in [0.2, 0.25) is 0 Å². The van der Waals surface area contributed by atoms with Gasteiger partial charge in [-0.2, -0.15) is 0 Å². The molecule has 0 spiro atoms. The number of hydrogen-bond donors (Lipinski definition) is 0. The predicted molar refractivity (Wildman–Crippen MR) is 80.9 cm³/mol. The molecule has 0 unspecified atom stereocenters. The van der Waals surface area contributed by atoms with Crippen LogP contribution in [-0.4, -0.2) is 43.4 Å². The van der Waals surface area contributed by atoms with Crippen LogP contribution in [0.3, 0.4) is 0 Å². The Bertz CT molecular complexity index is 407. The Balaban J connectivity index is 2.75. The lowest BCUT2D eigenvalue weighted by Gasteiger charge is -2.19. The maximum atomic E-state index is 12.4. The molecule has 0 heterocycles. The van der Waals surface area contributed by atoms with Crippen molar-refractivity contribution in [2.45, 2.75) is 30.4 Å². The molecule has 3 nitrogen and oxygen atoms in total. The zero-order valence-electron chi connectivity index (χ0n) is 12.2. The number of amides is 1. The van der Waals surface area contributed by atoms with Crippen LogP contribution in [0.25, 0.3) is 0 Å². The highest BCUT2D eigenvalue weighted by Gasteiger charge is 2.16. The quantitative estimate of drug-likeness (QED) is 0.567. The molecule has 19 heavy (non-hydrogen) atoms. The number of methoxy groups -OCH3 is 1. The Morgan fingerprint density at radius 3 is 2.68 bits per heavy atom. The van der Waals surface area contributed by atoms with Crippen LogP contribution in [0.4, 0.5) is 0 Å². The largest absolute Gasteiger partial charge is 0.385 e. The van der Waals surface area contributed by atoms with Crippen LogP contribution in [0.15, 0.2) is 29.2 Å². The first-order valence-electron chi connectivity index (χ1n) is 6.56. The summed E-state index contributed by atoms with van der Waals surface area (Å²) in [7, 11) is 3.52. The van der Waals surface area contributed by atoms with E-state index in [2.05, 4.69) is 13.8 Å². The molecule has 0 radical (unpaired) electrons. The molecule has 106 valence electrons. The van der Waals surface area contributed by atoms with Gasteiger partial charge in [-0.15, -0.1) is 11.8 Å². The third kappa shape index (κ3) is 5.25. The van der Waals surface area contributed by atoms with Crippen molar-refractivity contribution in [3.63, 3.8) is 0 Å². The fraction of sp³-hybridized carbons (Fsp3) is 0.533. The number of hydrogen-bond acceptors (Lipinski definition) is 3. The maximum Gasteiger partial charge on any atom is 0.254 e. The van der Waals surface area contributed by atoms with Gasteiger partial charge in [0.05, 0.1) is 5.56 Å². The lowest BCUT2D eigenvalue weighted by molar-refractivity contribution is 0.0776. The van der Waals surface area contributed by atoms with Gasteiger partial charge in [0.1, 0.15) is 0 Å². The SMILES string of the molecule is COCCCN(C)C(=O)c1ccccc1SC(C)C. The lowest BCUT2D eigenvalue weighted by atomic mass is 10.2. The topological polar surface area (TPSA) is 29.5 Å². The molecule has 0 aliphatic carbocycles. The van der Waals surface area contributed by atoms with Crippen molar-refractivity contribution < 1.29 is 9.53 Å². The van der Waals surface area contributed by atoms with E-state index in [0.717, 1.165) is 16.9 Å². The van der Waals surface area contributed by atoms with Gasteiger partial charge < -0.3 is 9.64 Å². The molecule has 1 amide bonds. The lowest BCUT2D eigenvalue weighted by Crippen LogP contribution is -2.28. The summed E-state index contributed by atoms with van der Waals surface area (Å²) in [5, 5.41) is 0.466. The van der Waals surface area contributed by atoms with Gasteiger partial charge in [-0.25, -0.2) is 0 Å². The summed E-state index contributed by atoms with van der Waals surface area (Å²) < 4.78 is 5.01. The predicted octanol–water partition coefficient (Wildman–Crippen LogP) is 3.30. The fourth-order valence-corrected chi connectivity index (χ4v) is 2.70. The summed E-state index contributed by atoms with van der Waals surface area (Å²) in [6.07, 6.45) is 0.859. The molecule has 1 aromatic rings. The van der Waals surface area contributed by atoms with E-state index in [-0.39, 0.29) is 5.91 Å². The second-order valence-electron chi connectivity index (χ2n) is 4.74. The highest BCUT2D eigenvalue weighted by Crippen LogP contribution is 2.27. The van der Waals surface area contributed by atoms with Gasteiger partial charge in [-0.05, 0) is 18.6 Å². The molecular weight excluding hydrogens is 258 g/mol. The first-order valence-corrected chi connectivity index (χ1v) is 7.44. The second-order valence-corrected chi connectivity index (χ2v) is 6.35. The fourth-order valence-electron chi connectivity index (χ4n) is 1.75. The summed E-state index contributed by atoms with van der Waals surface area (Å²) >= 11 is 1.73. The average molecular weight is 281 g/mol. The minimum absolute atomic E-state index is 0.0832. The standard InChI is InChI=1S/C15H23NO2S/c1-12(2)19-14-9-6-5-8-13(14)15(17)16(3)10-7-11-18-4/h5-6,8-9,12H,7,10-11H2,1-4H3.